The van der Waals surface area contributed by atoms with Crippen molar-refractivity contribution in [2.45, 2.75) is 78.4 Å². The first kappa shape index (κ1) is 32.1. The second-order valence-corrected chi connectivity index (χ2v) is 13.7. The Bertz CT molecular complexity index is 1420. The SMILES string of the molecule is C[C@H](c1cccc2ccccc12)N(CC1CCN(C(=O)CC(C)(C)CC(=O)O)CC1c1ccccc1)C(=O)OC(C)(C)C. The van der Waals surface area contributed by atoms with Gasteiger partial charge in [0.05, 0.1) is 12.5 Å². The number of ether oxygens (including phenoxy) is 1. The summed E-state index contributed by atoms with van der Waals surface area (Å²) < 4.78 is 5.96. The first-order chi connectivity index (χ1) is 20.2. The molecular weight excluding hydrogens is 540 g/mol. The lowest BCUT2D eigenvalue weighted by Gasteiger charge is -2.43. The van der Waals surface area contributed by atoms with Crippen molar-refractivity contribution >= 4 is 28.7 Å². The fraction of sp³-hybridized carbons (Fsp3) is 0.472. The third-order valence-corrected chi connectivity index (χ3v) is 8.40. The average Bonchev–Trinajstić information content (AvgIpc) is 2.93. The van der Waals surface area contributed by atoms with Crippen molar-refractivity contribution in [1.29, 1.82) is 0 Å². The minimum atomic E-state index is -0.902. The number of carbonyl (C=O) groups excluding carboxylic acids is 2. The normalized spacial score (nSPS) is 18.2. The molecule has 0 aliphatic carbocycles. The van der Waals surface area contributed by atoms with Crippen molar-refractivity contribution in [2.75, 3.05) is 19.6 Å². The van der Waals surface area contributed by atoms with Crippen LogP contribution < -0.4 is 0 Å². The molecule has 1 heterocycles. The van der Waals surface area contributed by atoms with Gasteiger partial charge >= 0.3 is 12.1 Å². The quantitative estimate of drug-likeness (QED) is 0.278. The number of piperidine rings is 1. The van der Waals surface area contributed by atoms with Crippen molar-refractivity contribution in [3.63, 3.8) is 0 Å². The van der Waals surface area contributed by atoms with Crippen molar-refractivity contribution < 1.29 is 24.2 Å². The Morgan fingerprint density at radius 3 is 2.26 bits per heavy atom. The Morgan fingerprint density at radius 1 is 0.930 bits per heavy atom. The van der Waals surface area contributed by atoms with E-state index in [2.05, 4.69) is 43.3 Å². The van der Waals surface area contributed by atoms with Crippen molar-refractivity contribution in [3.8, 4) is 0 Å². The molecule has 1 aliphatic heterocycles. The van der Waals surface area contributed by atoms with Gasteiger partial charge in [-0.15, -0.1) is 0 Å². The maximum atomic E-state index is 13.8. The summed E-state index contributed by atoms with van der Waals surface area (Å²) in [7, 11) is 0. The molecule has 1 aliphatic rings. The highest BCUT2D eigenvalue weighted by atomic mass is 16.6. The first-order valence-corrected chi connectivity index (χ1v) is 15.3. The van der Waals surface area contributed by atoms with Crippen molar-refractivity contribution in [2.24, 2.45) is 11.3 Å². The Morgan fingerprint density at radius 2 is 1.58 bits per heavy atom. The van der Waals surface area contributed by atoms with Crippen molar-refractivity contribution in [1.82, 2.24) is 9.80 Å². The lowest BCUT2D eigenvalue weighted by atomic mass is 9.79. The van der Waals surface area contributed by atoms with Gasteiger partial charge in [-0.3, -0.25) is 9.59 Å². The molecule has 0 spiro atoms. The number of rotatable bonds is 9. The zero-order chi connectivity index (χ0) is 31.4. The van der Waals surface area contributed by atoms with Gasteiger partial charge in [-0.2, -0.15) is 0 Å². The largest absolute Gasteiger partial charge is 0.481 e. The van der Waals surface area contributed by atoms with Crippen LogP contribution in [0.15, 0.2) is 72.8 Å². The van der Waals surface area contributed by atoms with Gasteiger partial charge in [0.25, 0.3) is 0 Å². The molecule has 3 aromatic rings. The summed E-state index contributed by atoms with van der Waals surface area (Å²) in [6.07, 6.45) is 0.474. The molecule has 4 rings (SSSR count). The zero-order valence-corrected chi connectivity index (χ0v) is 26.4. The molecule has 0 aromatic heterocycles. The number of nitrogens with zero attached hydrogens (tertiary/aromatic N) is 2. The summed E-state index contributed by atoms with van der Waals surface area (Å²) in [6, 6.07) is 24.3. The van der Waals surface area contributed by atoms with E-state index in [0.717, 1.165) is 21.9 Å². The minimum absolute atomic E-state index is 0.00569. The number of benzene rings is 3. The fourth-order valence-corrected chi connectivity index (χ4v) is 6.26. The number of hydrogen-bond acceptors (Lipinski definition) is 4. The molecule has 230 valence electrons. The number of amides is 2. The number of likely N-dealkylation sites (tertiary alicyclic amines) is 1. The highest BCUT2D eigenvalue weighted by Gasteiger charge is 2.38. The van der Waals surface area contributed by atoms with Crippen LogP contribution >= 0.6 is 0 Å². The molecule has 0 saturated carbocycles. The molecular formula is C36H46N2O5. The smallest absolute Gasteiger partial charge is 0.410 e. The maximum absolute atomic E-state index is 13.8. The lowest BCUT2D eigenvalue weighted by molar-refractivity contribution is -0.141. The molecule has 2 unspecified atom stereocenters. The number of carboxylic acid groups (broad SMARTS) is 1. The number of fused-ring (bicyclic) bond motifs is 1. The van der Waals surface area contributed by atoms with Gasteiger partial charge in [-0.05, 0) is 67.3 Å². The highest BCUT2D eigenvalue weighted by molar-refractivity contribution is 5.86. The predicted octanol–water partition coefficient (Wildman–Crippen LogP) is 7.66. The van der Waals surface area contributed by atoms with Gasteiger partial charge in [-0.25, -0.2) is 4.79 Å². The standard InChI is InChI=1S/C36H46N2O5/c1-25(29-18-12-16-26-15-10-11-17-30(26)29)38(34(42)43-35(2,3)4)23-28-19-20-37(24-31(28)27-13-8-7-9-14-27)32(39)21-36(5,6)22-33(40)41/h7-18,25,28,31H,19-24H2,1-6H3,(H,40,41)/t25-,28?,31?/m1/s1. The Hall–Kier alpha value is -3.87. The van der Waals surface area contributed by atoms with Gasteiger partial charge in [-0.1, -0.05) is 86.6 Å². The summed E-state index contributed by atoms with van der Waals surface area (Å²) in [5.74, 6) is -0.838. The summed E-state index contributed by atoms with van der Waals surface area (Å²) in [5, 5.41) is 11.5. The third-order valence-electron chi connectivity index (χ3n) is 8.40. The van der Waals surface area contributed by atoms with Crippen LogP contribution in [0.25, 0.3) is 10.8 Å². The molecule has 0 radical (unpaired) electrons. The van der Waals surface area contributed by atoms with Crippen LogP contribution in [-0.4, -0.2) is 58.1 Å². The van der Waals surface area contributed by atoms with Crippen LogP contribution in [0.4, 0.5) is 4.79 Å². The molecule has 7 heteroatoms. The van der Waals surface area contributed by atoms with Crippen LogP contribution in [0.3, 0.4) is 0 Å². The number of hydrogen-bond donors (Lipinski definition) is 1. The molecule has 43 heavy (non-hydrogen) atoms. The first-order valence-electron chi connectivity index (χ1n) is 15.3. The summed E-state index contributed by atoms with van der Waals surface area (Å²) in [6.45, 7) is 12.9. The van der Waals surface area contributed by atoms with E-state index in [0.29, 0.717) is 26.1 Å². The molecule has 7 nitrogen and oxygen atoms in total. The average molecular weight is 587 g/mol. The Kier molecular flexibility index (Phi) is 9.83. The summed E-state index contributed by atoms with van der Waals surface area (Å²) in [5.41, 5.74) is 0.902. The number of carboxylic acids is 1. The van der Waals surface area contributed by atoms with Crippen LogP contribution in [-0.2, 0) is 14.3 Å². The van der Waals surface area contributed by atoms with Gasteiger partial charge in [0.1, 0.15) is 5.60 Å². The van der Waals surface area contributed by atoms with E-state index in [1.54, 1.807) is 0 Å². The topological polar surface area (TPSA) is 87.2 Å². The molecule has 0 bridgehead atoms. The monoisotopic (exact) mass is 586 g/mol. The molecule has 1 N–H and O–H groups in total. The fourth-order valence-electron chi connectivity index (χ4n) is 6.26. The second-order valence-electron chi connectivity index (χ2n) is 13.7. The van der Waals surface area contributed by atoms with Crippen LogP contribution in [0.2, 0.25) is 0 Å². The van der Waals surface area contributed by atoms with E-state index in [9.17, 15) is 19.5 Å². The van der Waals surface area contributed by atoms with E-state index in [4.69, 9.17) is 4.74 Å². The van der Waals surface area contributed by atoms with Crippen molar-refractivity contribution in [3.05, 3.63) is 83.9 Å². The molecule has 2 amide bonds. The van der Waals surface area contributed by atoms with Crippen LogP contribution in [0, 0.1) is 11.3 Å². The molecule has 1 saturated heterocycles. The second kappa shape index (κ2) is 13.2. The van der Waals surface area contributed by atoms with Gasteiger partial charge < -0.3 is 19.6 Å². The molecule has 3 aromatic carbocycles. The van der Waals surface area contributed by atoms with E-state index in [-0.39, 0.29) is 42.7 Å². The van der Waals surface area contributed by atoms with E-state index in [1.807, 2.05) is 80.8 Å². The van der Waals surface area contributed by atoms with E-state index < -0.39 is 17.0 Å². The maximum Gasteiger partial charge on any atom is 0.410 e. The number of aliphatic carboxylic acids is 1. The van der Waals surface area contributed by atoms with Gasteiger partial charge in [0, 0.05) is 32.0 Å². The van der Waals surface area contributed by atoms with Gasteiger partial charge in [0.15, 0.2) is 0 Å². The summed E-state index contributed by atoms with van der Waals surface area (Å²) >= 11 is 0. The van der Waals surface area contributed by atoms with Crippen LogP contribution in [0.1, 0.15) is 83.9 Å². The third kappa shape index (κ3) is 8.37. The van der Waals surface area contributed by atoms with Crippen LogP contribution in [0.5, 0.6) is 0 Å². The predicted molar refractivity (Wildman–Crippen MR) is 170 cm³/mol. The van der Waals surface area contributed by atoms with E-state index in [1.165, 1.54) is 0 Å². The van der Waals surface area contributed by atoms with Gasteiger partial charge in [0.2, 0.25) is 5.91 Å². The highest BCUT2D eigenvalue weighted by Crippen LogP contribution is 2.38. The summed E-state index contributed by atoms with van der Waals surface area (Å²) in [4.78, 5) is 42.4. The lowest BCUT2D eigenvalue weighted by Crippen LogP contribution is -2.48. The Balaban J connectivity index is 1.64. The minimum Gasteiger partial charge on any atom is -0.481 e. The number of carbonyl (C=O) groups is 3. The molecule has 1 fully saturated rings. The Labute approximate surface area is 255 Å². The zero-order valence-electron chi connectivity index (χ0n) is 26.4. The molecule has 3 atom stereocenters. The van der Waals surface area contributed by atoms with E-state index >= 15 is 0 Å².